The van der Waals surface area contributed by atoms with Gasteiger partial charge < -0.3 is 4.90 Å². The first-order valence-corrected chi connectivity index (χ1v) is 16.5. The number of hydrogen-bond donors (Lipinski definition) is 0. The first-order chi connectivity index (χ1) is 22.8. The topological polar surface area (TPSA) is 3.24 Å². The molecule has 216 valence electrons. The van der Waals surface area contributed by atoms with Gasteiger partial charge in [0.05, 0.1) is 5.69 Å². The summed E-state index contributed by atoms with van der Waals surface area (Å²) in [5.41, 5.74) is 8.37. The molecule has 0 fully saturated rings. The zero-order valence-electron chi connectivity index (χ0n) is 25.1. The lowest BCUT2D eigenvalue weighted by Crippen LogP contribution is -2.12. The molecule has 0 saturated carbocycles. The molecule has 0 atom stereocenters. The molecule has 8 aromatic carbocycles. The quantitative estimate of drug-likeness (QED) is 0.177. The van der Waals surface area contributed by atoms with Crippen molar-refractivity contribution in [1.29, 1.82) is 0 Å². The Kier molecular flexibility index (Phi) is 6.40. The van der Waals surface area contributed by atoms with E-state index < -0.39 is 0 Å². The van der Waals surface area contributed by atoms with E-state index in [1.54, 1.807) is 0 Å². The van der Waals surface area contributed by atoms with Gasteiger partial charge in [0.1, 0.15) is 0 Å². The van der Waals surface area contributed by atoms with Crippen molar-refractivity contribution in [2.24, 2.45) is 0 Å². The van der Waals surface area contributed by atoms with E-state index in [1.807, 2.05) is 11.3 Å². The van der Waals surface area contributed by atoms with Crippen molar-refractivity contribution in [2.75, 3.05) is 4.90 Å². The highest BCUT2D eigenvalue weighted by Gasteiger charge is 2.23. The van der Waals surface area contributed by atoms with Crippen LogP contribution in [0.25, 0.3) is 64.0 Å². The smallest absolute Gasteiger partial charge is 0.0624 e. The van der Waals surface area contributed by atoms with E-state index in [0.29, 0.717) is 0 Å². The van der Waals surface area contributed by atoms with Crippen LogP contribution in [0.1, 0.15) is 0 Å². The van der Waals surface area contributed by atoms with Gasteiger partial charge in [-0.15, -0.1) is 11.3 Å². The Balaban J connectivity index is 1.30. The molecule has 1 heterocycles. The van der Waals surface area contributed by atoms with Gasteiger partial charge in [-0.05, 0) is 63.2 Å². The maximum Gasteiger partial charge on any atom is 0.0624 e. The summed E-state index contributed by atoms with van der Waals surface area (Å²) < 4.78 is 2.66. The van der Waals surface area contributed by atoms with Crippen molar-refractivity contribution in [3.63, 3.8) is 0 Å². The third kappa shape index (κ3) is 4.30. The summed E-state index contributed by atoms with van der Waals surface area (Å²) >= 11 is 1.88. The average Bonchev–Trinajstić information content (AvgIpc) is 3.52. The zero-order chi connectivity index (χ0) is 30.5. The van der Waals surface area contributed by atoms with Crippen LogP contribution >= 0.6 is 11.3 Å². The highest BCUT2D eigenvalue weighted by molar-refractivity contribution is 7.26. The minimum atomic E-state index is 1.12. The van der Waals surface area contributed by atoms with Crippen LogP contribution in [-0.2, 0) is 0 Å². The minimum Gasteiger partial charge on any atom is -0.309 e. The Morgan fingerprint density at radius 3 is 1.63 bits per heavy atom. The minimum absolute atomic E-state index is 1.12. The molecule has 0 N–H and O–H groups in total. The second-order valence-corrected chi connectivity index (χ2v) is 12.7. The first-order valence-electron chi connectivity index (χ1n) is 15.7. The van der Waals surface area contributed by atoms with E-state index in [9.17, 15) is 0 Å². The van der Waals surface area contributed by atoms with Gasteiger partial charge in [0.15, 0.2) is 0 Å². The molecule has 0 spiro atoms. The lowest BCUT2D eigenvalue weighted by Gasteiger charge is -2.30. The number of nitrogens with zero attached hydrogens (tertiary/aromatic N) is 1. The van der Waals surface area contributed by atoms with Crippen LogP contribution in [0.5, 0.6) is 0 Å². The van der Waals surface area contributed by atoms with E-state index in [2.05, 4.69) is 181 Å². The Morgan fingerprint density at radius 2 is 0.891 bits per heavy atom. The molecule has 0 radical (unpaired) electrons. The maximum atomic E-state index is 2.45. The van der Waals surface area contributed by atoms with Crippen molar-refractivity contribution in [3.8, 4) is 22.3 Å². The number of benzene rings is 8. The van der Waals surface area contributed by atoms with Crippen LogP contribution in [0.15, 0.2) is 176 Å². The molecule has 9 aromatic rings. The van der Waals surface area contributed by atoms with E-state index in [4.69, 9.17) is 0 Å². The lowest BCUT2D eigenvalue weighted by atomic mass is 9.90. The fourth-order valence-corrected chi connectivity index (χ4v) is 8.24. The Morgan fingerprint density at radius 1 is 0.348 bits per heavy atom. The van der Waals surface area contributed by atoms with Crippen molar-refractivity contribution in [1.82, 2.24) is 0 Å². The predicted octanol–water partition coefficient (Wildman–Crippen LogP) is 13.2. The lowest BCUT2D eigenvalue weighted by molar-refractivity contribution is 1.30. The number of hydrogen-bond acceptors (Lipinski definition) is 2. The molecule has 0 aliphatic rings. The third-order valence-electron chi connectivity index (χ3n) is 9.05. The number of thiophene rings is 1. The number of anilines is 3. The summed E-state index contributed by atoms with van der Waals surface area (Å²) in [6, 6.07) is 63.8. The van der Waals surface area contributed by atoms with E-state index in [0.717, 1.165) is 11.4 Å². The van der Waals surface area contributed by atoms with Gasteiger partial charge in [-0.1, -0.05) is 146 Å². The average molecular weight is 604 g/mol. The summed E-state index contributed by atoms with van der Waals surface area (Å²) in [7, 11) is 0. The molecule has 0 aliphatic heterocycles. The molecule has 0 bridgehead atoms. The Hall–Kier alpha value is -5.70. The van der Waals surface area contributed by atoms with E-state index >= 15 is 0 Å². The van der Waals surface area contributed by atoms with Gasteiger partial charge >= 0.3 is 0 Å². The fraction of sp³-hybridized carbons (Fsp3) is 0. The molecule has 1 aromatic heterocycles. The maximum absolute atomic E-state index is 2.45. The van der Waals surface area contributed by atoms with Crippen molar-refractivity contribution in [2.45, 2.75) is 0 Å². The molecule has 46 heavy (non-hydrogen) atoms. The number of para-hydroxylation sites is 1. The van der Waals surface area contributed by atoms with E-state index in [1.165, 1.54) is 69.7 Å². The standard InChI is InChI=1S/C44H29NS/c1-3-14-31(15-4-1)42-38-21-9-7-18-35(38)36-19-8-10-22-39(36)43(42)45(32-16-5-2-6-17-32)33-28-26-30(27-29-33)34-23-13-24-40-37-20-11-12-25-41(37)46-44(34)40/h1-29H. The van der Waals surface area contributed by atoms with Gasteiger partial charge in [0.2, 0.25) is 0 Å². The third-order valence-corrected chi connectivity index (χ3v) is 10.3. The highest BCUT2D eigenvalue weighted by atomic mass is 32.1. The van der Waals surface area contributed by atoms with Crippen LogP contribution in [0, 0.1) is 0 Å². The normalized spacial score (nSPS) is 11.5. The number of rotatable bonds is 5. The molecule has 0 saturated heterocycles. The van der Waals surface area contributed by atoms with Gasteiger partial charge in [-0.2, -0.15) is 0 Å². The van der Waals surface area contributed by atoms with Crippen LogP contribution in [-0.4, -0.2) is 0 Å². The van der Waals surface area contributed by atoms with Crippen molar-refractivity contribution in [3.05, 3.63) is 176 Å². The van der Waals surface area contributed by atoms with Crippen LogP contribution in [0.2, 0.25) is 0 Å². The molecular formula is C44H29NS. The van der Waals surface area contributed by atoms with Gasteiger partial charge in [0, 0.05) is 42.5 Å². The fourth-order valence-electron chi connectivity index (χ4n) is 7.00. The summed E-state index contributed by atoms with van der Waals surface area (Å²) in [6.45, 7) is 0. The first kappa shape index (κ1) is 26.7. The summed E-state index contributed by atoms with van der Waals surface area (Å²) in [5.74, 6) is 0. The van der Waals surface area contributed by atoms with Crippen molar-refractivity contribution >= 4 is 70.1 Å². The van der Waals surface area contributed by atoms with E-state index in [-0.39, 0.29) is 0 Å². The molecule has 1 nitrogen and oxygen atoms in total. The summed E-state index contributed by atoms with van der Waals surface area (Å²) in [4.78, 5) is 2.45. The van der Waals surface area contributed by atoms with Gasteiger partial charge in [-0.25, -0.2) is 0 Å². The van der Waals surface area contributed by atoms with Crippen LogP contribution in [0.4, 0.5) is 17.1 Å². The Labute approximate surface area is 272 Å². The SMILES string of the molecule is c1ccc(-c2c(N(c3ccccc3)c3ccc(-c4cccc5c4sc4ccccc45)cc3)c3ccccc3c3ccccc23)cc1. The van der Waals surface area contributed by atoms with Crippen molar-refractivity contribution < 1.29 is 0 Å². The van der Waals surface area contributed by atoms with Crippen LogP contribution < -0.4 is 4.90 Å². The zero-order valence-corrected chi connectivity index (χ0v) is 25.9. The molecule has 0 unspecified atom stereocenters. The Bertz CT molecular complexity index is 2510. The molecule has 9 rings (SSSR count). The number of fused-ring (bicyclic) bond motifs is 6. The molecule has 0 aliphatic carbocycles. The second-order valence-electron chi connectivity index (χ2n) is 11.7. The largest absolute Gasteiger partial charge is 0.309 e. The monoisotopic (exact) mass is 603 g/mol. The van der Waals surface area contributed by atoms with Crippen LogP contribution in [0.3, 0.4) is 0 Å². The molecular weight excluding hydrogens is 575 g/mol. The highest BCUT2D eigenvalue weighted by Crippen LogP contribution is 2.49. The van der Waals surface area contributed by atoms with Gasteiger partial charge in [-0.3, -0.25) is 0 Å². The summed E-state index contributed by atoms with van der Waals surface area (Å²) in [5, 5.41) is 7.64. The van der Waals surface area contributed by atoms with Gasteiger partial charge in [0.25, 0.3) is 0 Å². The molecule has 2 heteroatoms. The summed E-state index contributed by atoms with van der Waals surface area (Å²) in [6.07, 6.45) is 0. The second kappa shape index (κ2) is 11.0. The molecule has 0 amide bonds. The predicted molar refractivity (Wildman–Crippen MR) is 200 cm³/mol.